The van der Waals surface area contributed by atoms with Gasteiger partial charge in [-0.25, -0.2) is 4.39 Å². The number of carbonyl (C=O) groups excluding carboxylic acids is 1. The second-order valence-corrected chi connectivity index (χ2v) is 4.56. The Labute approximate surface area is 117 Å². The first-order valence-electron chi connectivity index (χ1n) is 6.03. The Morgan fingerprint density at radius 2 is 2.26 bits per heavy atom. The van der Waals surface area contributed by atoms with E-state index in [9.17, 15) is 9.18 Å². The maximum absolute atomic E-state index is 13.5. The quantitative estimate of drug-likeness (QED) is 0.758. The molecular weight excluding hydrogens is 271 g/mol. The highest BCUT2D eigenvalue weighted by Gasteiger charge is 2.14. The molecule has 0 saturated carbocycles. The highest BCUT2D eigenvalue weighted by Crippen LogP contribution is 2.20. The Balaban J connectivity index is 2.47. The third-order valence-electron chi connectivity index (χ3n) is 2.52. The van der Waals surface area contributed by atoms with Crippen LogP contribution in [0.4, 0.5) is 10.1 Å². The number of amides is 1. The zero-order valence-electron chi connectivity index (χ0n) is 11.0. The number of ether oxygens (including phenoxy) is 1. The topological polar surface area (TPSA) is 50.4 Å². The van der Waals surface area contributed by atoms with E-state index in [1.54, 1.807) is 14.0 Å². The van der Waals surface area contributed by atoms with Gasteiger partial charge in [-0.15, -0.1) is 0 Å². The molecule has 6 heteroatoms. The van der Waals surface area contributed by atoms with Crippen LogP contribution in [0, 0.1) is 5.82 Å². The number of anilines is 1. The van der Waals surface area contributed by atoms with Gasteiger partial charge in [0.05, 0.1) is 5.69 Å². The largest absolute Gasteiger partial charge is 0.385 e. The molecule has 1 amide bonds. The van der Waals surface area contributed by atoms with Crippen LogP contribution in [0.5, 0.6) is 0 Å². The van der Waals surface area contributed by atoms with Crippen molar-refractivity contribution in [1.29, 1.82) is 0 Å². The summed E-state index contributed by atoms with van der Waals surface area (Å²) in [7, 11) is 1.61. The van der Waals surface area contributed by atoms with Crippen molar-refractivity contribution in [1.82, 2.24) is 5.32 Å². The molecule has 19 heavy (non-hydrogen) atoms. The van der Waals surface area contributed by atoms with Gasteiger partial charge in [-0.05, 0) is 31.5 Å². The predicted octanol–water partition coefficient (Wildman–Crippen LogP) is 2.43. The average molecular weight is 289 g/mol. The van der Waals surface area contributed by atoms with Gasteiger partial charge in [0.25, 0.3) is 0 Å². The third kappa shape index (κ3) is 5.44. The molecule has 106 valence electrons. The number of hydrogen-bond acceptors (Lipinski definition) is 3. The molecule has 1 aromatic rings. The van der Waals surface area contributed by atoms with Crippen LogP contribution >= 0.6 is 11.6 Å². The molecule has 2 N–H and O–H groups in total. The minimum Gasteiger partial charge on any atom is -0.385 e. The second-order valence-electron chi connectivity index (χ2n) is 4.13. The van der Waals surface area contributed by atoms with Crippen LogP contribution in [-0.2, 0) is 9.53 Å². The number of nitrogens with one attached hydrogen (secondary N) is 2. The maximum atomic E-state index is 13.5. The van der Waals surface area contributed by atoms with Crippen molar-refractivity contribution in [3.8, 4) is 0 Å². The number of benzene rings is 1. The minimum absolute atomic E-state index is 0.199. The van der Waals surface area contributed by atoms with Crippen molar-refractivity contribution in [3.05, 3.63) is 29.0 Å². The summed E-state index contributed by atoms with van der Waals surface area (Å²) in [6, 6.07) is 3.62. The van der Waals surface area contributed by atoms with Crippen LogP contribution < -0.4 is 10.6 Å². The first kappa shape index (κ1) is 15.7. The molecule has 0 radical (unpaired) electrons. The van der Waals surface area contributed by atoms with E-state index in [2.05, 4.69) is 10.6 Å². The monoisotopic (exact) mass is 288 g/mol. The SMILES string of the molecule is COCCCNC(=O)C(C)Nc1cc(Cl)ccc1F. The van der Waals surface area contributed by atoms with Gasteiger partial charge in [0.2, 0.25) is 5.91 Å². The molecule has 0 spiro atoms. The van der Waals surface area contributed by atoms with E-state index in [1.807, 2.05) is 0 Å². The summed E-state index contributed by atoms with van der Waals surface area (Å²) in [5.41, 5.74) is 0.215. The Morgan fingerprint density at radius 3 is 2.95 bits per heavy atom. The smallest absolute Gasteiger partial charge is 0.242 e. The van der Waals surface area contributed by atoms with Crippen molar-refractivity contribution in [2.24, 2.45) is 0 Å². The fraction of sp³-hybridized carbons (Fsp3) is 0.462. The van der Waals surface area contributed by atoms with Gasteiger partial charge in [-0.2, -0.15) is 0 Å². The normalized spacial score (nSPS) is 12.0. The van der Waals surface area contributed by atoms with E-state index in [0.29, 0.717) is 18.2 Å². The van der Waals surface area contributed by atoms with Crippen LogP contribution in [0.25, 0.3) is 0 Å². The van der Waals surface area contributed by atoms with Crippen molar-refractivity contribution in [2.45, 2.75) is 19.4 Å². The first-order chi connectivity index (χ1) is 9.04. The van der Waals surface area contributed by atoms with E-state index < -0.39 is 11.9 Å². The number of methoxy groups -OCH3 is 1. The van der Waals surface area contributed by atoms with Gasteiger partial charge in [0, 0.05) is 25.3 Å². The Morgan fingerprint density at radius 1 is 1.53 bits per heavy atom. The van der Waals surface area contributed by atoms with E-state index in [4.69, 9.17) is 16.3 Å². The van der Waals surface area contributed by atoms with E-state index in [-0.39, 0.29) is 11.6 Å². The van der Waals surface area contributed by atoms with Crippen molar-refractivity contribution in [3.63, 3.8) is 0 Å². The molecule has 0 fully saturated rings. The van der Waals surface area contributed by atoms with Gasteiger partial charge in [0.1, 0.15) is 11.9 Å². The molecule has 1 unspecified atom stereocenters. The van der Waals surface area contributed by atoms with Crippen molar-refractivity contribution in [2.75, 3.05) is 25.6 Å². The molecular formula is C13H18ClFN2O2. The van der Waals surface area contributed by atoms with Gasteiger partial charge >= 0.3 is 0 Å². The Kier molecular flexibility index (Phi) is 6.59. The predicted molar refractivity (Wildman–Crippen MR) is 74.0 cm³/mol. The summed E-state index contributed by atoms with van der Waals surface area (Å²) in [6.45, 7) is 2.77. The fourth-order valence-electron chi connectivity index (χ4n) is 1.49. The molecule has 1 aromatic carbocycles. The summed E-state index contributed by atoms with van der Waals surface area (Å²) < 4.78 is 18.4. The molecule has 1 atom stereocenters. The Bertz CT molecular complexity index is 429. The van der Waals surface area contributed by atoms with Crippen molar-refractivity contribution < 1.29 is 13.9 Å². The summed E-state index contributed by atoms with van der Waals surface area (Å²) in [4.78, 5) is 11.7. The van der Waals surface area contributed by atoms with E-state index >= 15 is 0 Å². The molecule has 0 bridgehead atoms. The molecule has 0 aliphatic heterocycles. The molecule has 0 aromatic heterocycles. The van der Waals surface area contributed by atoms with Crippen LogP contribution in [0.2, 0.25) is 5.02 Å². The third-order valence-corrected chi connectivity index (χ3v) is 2.75. The summed E-state index contributed by atoms with van der Waals surface area (Å²) in [5.74, 6) is -0.640. The molecule has 0 heterocycles. The van der Waals surface area contributed by atoms with Crippen LogP contribution in [-0.4, -0.2) is 32.2 Å². The van der Waals surface area contributed by atoms with Gasteiger partial charge in [0.15, 0.2) is 0 Å². The molecule has 0 saturated heterocycles. The molecule has 0 aliphatic rings. The van der Waals surface area contributed by atoms with E-state index in [0.717, 1.165) is 6.42 Å². The first-order valence-corrected chi connectivity index (χ1v) is 6.40. The minimum atomic E-state index is -0.546. The lowest BCUT2D eigenvalue weighted by molar-refractivity contribution is -0.121. The maximum Gasteiger partial charge on any atom is 0.242 e. The zero-order valence-corrected chi connectivity index (χ0v) is 11.8. The summed E-state index contributed by atoms with van der Waals surface area (Å²) in [5, 5.41) is 5.94. The number of rotatable bonds is 7. The number of halogens is 2. The lowest BCUT2D eigenvalue weighted by Crippen LogP contribution is -2.38. The lowest BCUT2D eigenvalue weighted by atomic mass is 10.2. The van der Waals surface area contributed by atoms with Crippen LogP contribution in [0.15, 0.2) is 18.2 Å². The van der Waals surface area contributed by atoms with Gasteiger partial charge in [-0.1, -0.05) is 11.6 Å². The number of carbonyl (C=O) groups is 1. The van der Waals surface area contributed by atoms with Crippen LogP contribution in [0.3, 0.4) is 0 Å². The molecule has 0 aliphatic carbocycles. The van der Waals surface area contributed by atoms with Gasteiger partial charge < -0.3 is 15.4 Å². The zero-order chi connectivity index (χ0) is 14.3. The summed E-state index contributed by atoms with van der Waals surface area (Å²) >= 11 is 5.78. The standard InChI is InChI=1S/C13H18ClFN2O2/c1-9(13(18)16-6-3-7-19-2)17-12-8-10(14)4-5-11(12)15/h4-5,8-9,17H,3,6-7H2,1-2H3,(H,16,18). The lowest BCUT2D eigenvalue weighted by Gasteiger charge is -2.16. The summed E-state index contributed by atoms with van der Waals surface area (Å²) in [6.07, 6.45) is 0.737. The highest BCUT2D eigenvalue weighted by molar-refractivity contribution is 6.30. The van der Waals surface area contributed by atoms with Gasteiger partial charge in [-0.3, -0.25) is 4.79 Å². The Hall–Kier alpha value is -1.33. The highest BCUT2D eigenvalue weighted by atomic mass is 35.5. The average Bonchev–Trinajstić information content (AvgIpc) is 2.38. The molecule has 4 nitrogen and oxygen atoms in total. The molecule has 1 rings (SSSR count). The van der Waals surface area contributed by atoms with Crippen LogP contribution in [0.1, 0.15) is 13.3 Å². The van der Waals surface area contributed by atoms with Crippen molar-refractivity contribution >= 4 is 23.2 Å². The number of hydrogen-bond donors (Lipinski definition) is 2. The fourth-order valence-corrected chi connectivity index (χ4v) is 1.66. The van der Waals surface area contributed by atoms with E-state index in [1.165, 1.54) is 18.2 Å². The second kappa shape index (κ2) is 7.96.